The van der Waals surface area contributed by atoms with Gasteiger partial charge in [-0.1, -0.05) is 6.08 Å². The lowest BCUT2D eigenvalue weighted by molar-refractivity contribution is -0.139. The summed E-state index contributed by atoms with van der Waals surface area (Å²) in [4.78, 5) is 22.2. The van der Waals surface area contributed by atoms with E-state index in [1.165, 1.54) is 6.08 Å². The minimum absolute atomic E-state index is 0.156. The molecule has 1 heterocycles. The van der Waals surface area contributed by atoms with Crippen molar-refractivity contribution in [2.24, 2.45) is 0 Å². The highest BCUT2D eigenvalue weighted by molar-refractivity contribution is 7.99. The molecule has 1 saturated heterocycles. The lowest BCUT2D eigenvalue weighted by Gasteiger charge is -2.16. The van der Waals surface area contributed by atoms with Crippen LogP contribution < -0.4 is 10.6 Å². The van der Waals surface area contributed by atoms with Crippen molar-refractivity contribution < 1.29 is 14.7 Å². The summed E-state index contributed by atoms with van der Waals surface area (Å²) in [5.74, 6) is 0.892. The Morgan fingerprint density at radius 1 is 1.62 bits per heavy atom. The van der Waals surface area contributed by atoms with Gasteiger partial charge in [-0.25, -0.2) is 9.59 Å². The molecular weight excluding hydrogens is 228 g/mol. The molecule has 2 unspecified atom stereocenters. The fourth-order valence-corrected chi connectivity index (χ4v) is 2.57. The molecule has 0 aromatic carbocycles. The van der Waals surface area contributed by atoms with E-state index in [9.17, 15) is 9.59 Å². The highest BCUT2D eigenvalue weighted by atomic mass is 32.2. The quantitative estimate of drug-likeness (QED) is 0.626. The number of urea groups is 1. The van der Waals surface area contributed by atoms with Crippen LogP contribution in [0, 0.1) is 0 Å². The molecule has 16 heavy (non-hydrogen) atoms. The van der Waals surface area contributed by atoms with Crippen molar-refractivity contribution in [1.82, 2.24) is 10.6 Å². The van der Waals surface area contributed by atoms with Crippen molar-refractivity contribution in [3.63, 3.8) is 0 Å². The molecule has 0 saturated carbocycles. The van der Waals surface area contributed by atoms with Gasteiger partial charge in [0.15, 0.2) is 0 Å². The van der Waals surface area contributed by atoms with Crippen LogP contribution >= 0.6 is 11.8 Å². The number of carbonyl (C=O) groups excluding carboxylic acids is 1. The molecule has 90 valence electrons. The van der Waals surface area contributed by atoms with E-state index >= 15 is 0 Å². The number of hydrogen-bond donors (Lipinski definition) is 3. The predicted octanol–water partition coefficient (Wildman–Crippen LogP) is 0.820. The Kier molecular flexibility index (Phi) is 5.18. The third kappa shape index (κ3) is 4.14. The number of aliphatic carboxylic acids is 1. The SMILES string of the molecule is C=CCC(NC(=O)NC1CCSC1)C(=O)O. The van der Waals surface area contributed by atoms with Crippen molar-refractivity contribution in [2.45, 2.75) is 24.9 Å². The molecular formula is C10H16N2O3S. The van der Waals surface area contributed by atoms with Crippen LogP contribution in [0.3, 0.4) is 0 Å². The zero-order chi connectivity index (χ0) is 12.0. The molecule has 2 atom stereocenters. The van der Waals surface area contributed by atoms with E-state index in [0.29, 0.717) is 0 Å². The van der Waals surface area contributed by atoms with E-state index in [4.69, 9.17) is 5.11 Å². The maximum Gasteiger partial charge on any atom is 0.326 e. The minimum atomic E-state index is -1.05. The summed E-state index contributed by atoms with van der Waals surface area (Å²) in [5.41, 5.74) is 0. The summed E-state index contributed by atoms with van der Waals surface area (Å²) >= 11 is 1.78. The fraction of sp³-hybridized carbons (Fsp3) is 0.600. The number of carboxylic acid groups (broad SMARTS) is 1. The van der Waals surface area contributed by atoms with Crippen molar-refractivity contribution >= 4 is 23.8 Å². The van der Waals surface area contributed by atoms with Gasteiger partial charge in [0.25, 0.3) is 0 Å². The lowest BCUT2D eigenvalue weighted by atomic mass is 10.2. The van der Waals surface area contributed by atoms with E-state index in [-0.39, 0.29) is 12.5 Å². The van der Waals surface area contributed by atoms with Gasteiger partial charge in [0.1, 0.15) is 6.04 Å². The van der Waals surface area contributed by atoms with Crippen LogP contribution in [0.15, 0.2) is 12.7 Å². The van der Waals surface area contributed by atoms with E-state index < -0.39 is 18.0 Å². The molecule has 2 amide bonds. The number of nitrogens with one attached hydrogen (secondary N) is 2. The minimum Gasteiger partial charge on any atom is -0.480 e. The Labute approximate surface area is 98.7 Å². The second-order valence-electron chi connectivity index (χ2n) is 3.59. The van der Waals surface area contributed by atoms with Gasteiger partial charge in [-0.05, 0) is 18.6 Å². The van der Waals surface area contributed by atoms with Gasteiger partial charge < -0.3 is 15.7 Å². The molecule has 3 N–H and O–H groups in total. The first-order chi connectivity index (χ1) is 7.63. The Balaban J connectivity index is 2.35. The topological polar surface area (TPSA) is 78.4 Å². The van der Waals surface area contributed by atoms with Gasteiger partial charge in [0.05, 0.1) is 0 Å². The van der Waals surface area contributed by atoms with Gasteiger partial charge in [-0.15, -0.1) is 6.58 Å². The maximum absolute atomic E-state index is 11.5. The molecule has 1 aliphatic rings. The van der Waals surface area contributed by atoms with Crippen LogP contribution in [0.4, 0.5) is 4.79 Å². The molecule has 1 aliphatic heterocycles. The number of amides is 2. The summed E-state index contributed by atoms with van der Waals surface area (Å²) in [6, 6.07) is -1.16. The standard InChI is InChI=1S/C10H16N2O3S/c1-2-3-8(9(13)14)12-10(15)11-7-4-5-16-6-7/h2,7-8H,1,3-6H2,(H,13,14)(H2,11,12,15). The first-order valence-corrected chi connectivity index (χ1v) is 6.27. The monoisotopic (exact) mass is 244 g/mol. The average Bonchev–Trinajstić information content (AvgIpc) is 2.69. The predicted molar refractivity (Wildman–Crippen MR) is 63.6 cm³/mol. The average molecular weight is 244 g/mol. The van der Waals surface area contributed by atoms with Gasteiger partial charge >= 0.3 is 12.0 Å². The highest BCUT2D eigenvalue weighted by Gasteiger charge is 2.21. The molecule has 1 fully saturated rings. The van der Waals surface area contributed by atoms with Crippen molar-refractivity contribution in [1.29, 1.82) is 0 Å². The number of rotatable bonds is 5. The van der Waals surface area contributed by atoms with Crippen LogP contribution in [0.5, 0.6) is 0 Å². The molecule has 6 heteroatoms. The van der Waals surface area contributed by atoms with Gasteiger partial charge in [0, 0.05) is 11.8 Å². The van der Waals surface area contributed by atoms with Crippen LogP contribution in [0.1, 0.15) is 12.8 Å². The second kappa shape index (κ2) is 6.42. The zero-order valence-electron chi connectivity index (χ0n) is 8.94. The van der Waals surface area contributed by atoms with E-state index in [1.807, 2.05) is 0 Å². The normalized spacial score (nSPS) is 21.1. The second-order valence-corrected chi connectivity index (χ2v) is 4.74. The Bertz CT molecular complexity index is 277. The number of carbonyl (C=O) groups is 2. The van der Waals surface area contributed by atoms with Crippen LogP contribution in [0.2, 0.25) is 0 Å². The number of carboxylic acids is 1. The summed E-state index contributed by atoms with van der Waals surface area (Å²) in [6.45, 7) is 3.46. The summed E-state index contributed by atoms with van der Waals surface area (Å²) in [5, 5.41) is 14.0. The smallest absolute Gasteiger partial charge is 0.326 e. The Morgan fingerprint density at radius 2 is 2.38 bits per heavy atom. The van der Waals surface area contributed by atoms with E-state index in [1.54, 1.807) is 11.8 Å². The molecule has 0 spiro atoms. The summed E-state index contributed by atoms with van der Waals surface area (Å²) in [6.07, 6.45) is 2.64. The third-order valence-corrected chi connectivity index (χ3v) is 3.43. The van der Waals surface area contributed by atoms with Gasteiger partial charge in [-0.2, -0.15) is 11.8 Å². The number of hydrogen-bond acceptors (Lipinski definition) is 3. The molecule has 0 aromatic heterocycles. The first kappa shape index (κ1) is 12.9. The third-order valence-electron chi connectivity index (χ3n) is 2.27. The largest absolute Gasteiger partial charge is 0.480 e. The molecule has 5 nitrogen and oxygen atoms in total. The molecule has 0 radical (unpaired) electrons. The fourth-order valence-electron chi connectivity index (χ4n) is 1.42. The summed E-state index contributed by atoms with van der Waals surface area (Å²) < 4.78 is 0. The molecule has 0 bridgehead atoms. The van der Waals surface area contributed by atoms with Crippen molar-refractivity contribution in [3.05, 3.63) is 12.7 Å². The van der Waals surface area contributed by atoms with Crippen LogP contribution in [0.25, 0.3) is 0 Å². The van der Waals surface area contributed by atoms with Crippen molar-refractivity contribution in [2.75, 3.05) is 11.5 Å². The summed E-state index contributed by atoms with van der Waals surface area (Å²) in [7, 11) is 0. The van der Waals surface area contributed by atoms with Gasteiger partial charge in [0.2, 0.25) is 0 Å². The number of thioether (sulfide) groups is 1. The van der Waals surface area contributed by atoms with E-state index in [2.05, 4.69) is 17.2 Å². The zero-order valence-corrected chi connectivity index (χ0v) is 9.76. The van der Waals surface area contributed by atoms with Crippen LogP contribution in [-0.4, -0.2) is 40.7 Å². The molecule has 0 aliphatic carbocycles. The maximum atomic E-state index is 11.5. The molecule has 1 rings (SSSR count). The van der Waals surface area contributed by atoms with E-state index in [0.717, 1.165) is 17.9 Å². The Hall–Kier alpha value is -1.17. The van der Waals surface area contributed by atoms with Crippen LogP contribution in [-0.2, 0) is 4.79 Å². The highest BCUT2D eigenvalue weighted by Crippen LogP contribution is 2.16. The first-order valence-electron chi connectivity index (χ1n) is 5.12. The molecule has 0 aromatic rings. The van der Waals surface area contributed by atoms with Crippen molar-refractivity contribution in [3.8, 4) is 0 Å². The van der Waals surface area contributed by atoms with Gasteiger partial charge in [-0.3, -0.25) is 0 Å². The lowest BCUT2D eigenvalue weighted by Crippen LogP contribution is -2.48. The Morgan fingerprint density at radius 3 is 2.88 bits per heavy atom.